The van der Waals surface area contributed by atoms with E-state index in [1.54, 1.807) is 76.4 Å². The first kappa shape index (κ1) is 25.1. The number of nitrogens with zero attached hydrogens (tertiary/aromatic N) is 3. The van der Waals surface area contributed by atoms with Crippen molar-refractivity contribution in [2.45, 2.75) is 45.9 Å². The van der Waals surface area contributed by atoms with Gasteiger partial charge in [-0.1, -0.05) is 12.1 Å². The Bertz CT molecular complexity index is 1360. The van der Waals surface area contributed by atoms with Gasteiger partial charge in [0.05, 0.1) is 11.7 Å². The summed E-state index contributed by atoms with van der Waals surface area (Å²) in [6.07, 6.45) is 0.817. The summed E-state index contributed by atoms with van der Waals surface area (Å²) in [6, 6.07) is 15.7. The van der Waals surface area contributed by atoms with Gasteiger partial charge < -0.3 is 19.5 Å². The maximum Gasteiger partial charge on any atom is 0.347 e. The van der Waals surface area contributed by atoms with E-state index < -0.39 is 17.7 Å². The number of esters is 1. The van der Waals surface area contributed by atoms with Gasteiger partial charge in [0.25, 0.3) is 5.91 Å². The third-order valence-electron chi connectivity index (χ3n) is 4.88. The number of nitrogens with one attached hydrogen (secondary N) is 1. The van der Waals surface area contributed by atoms with E-state index in [1.807, 2.05) is 12.1 Å². The molecular weight excluding hydrogens is 480 g/mol. The number of benzene rings is 2. The molecule has 10 heteroatoms. The number of rotatable bonds is 8. The number of hydrogen-bond donors (Lipinski definition) is 1. The summed E-state index contributed by atoms with van der Waals surface area (Å²) >= 11 is 1.12. The highest BCUT2D eigenvalue weighted by Gasteiger charge is 2.23. The molecule has 1 N–H and O–H groups in total. The summed E-state index contributed by atoms with van der Waals surface area (Å²) in [4.78, 5) is 29.2. The molecule has 0 saturated carbocycles. The van der Waals surface area contributed by atoms with Gasteiger partial charge >= 0.3 is 5.97 Å². The molecule has 1 amide bonds. The Kier molecular flexibility index (Phi) is 7.44. The van der Waals surface area contributed by atoms with Crippen LogP contribution in [0.15, 0.2) is 60.8 Å². The number of aromatic nitrogens is 3. The van der Waals surface area contributed by atoms with Crippen LogP contribution in [0.2, 0.25) is 0 Å². The van der Waals surface area contributed by atoms with Crippen molar-refractivity contribution in [2.24, 2.45) is 0 Å². The number of carbonyl (C=O) groups is 2. The van der Waals surface area contributed by atoms with Crippen LogP contribution < -0.4 is 14.8 Å². The summed E-state index contributed by atoms with van der Waals surface area (Å²) in [7, 11) is 0. The first-order chi connectivity index (χ1) is 17.2. The van der Waals surface area contributed by atoms with Gasteiger partial charge in [0, 0.05) is 18.8 Å². The van der Waals surface area contributed by atoms with Crippen molar-refractivity contribution in [3.8, 4) is 17.4 Å². The van der Waals surface area contributed by atoms with Crippen LogP contribution >= 0.6 is 11.7 Å². The van der Waals surface area contributed by atoms with E-state index in [4.69, 9.17) is 14.2 Å². The summed E-state index contributed by atoms with van der Waals surface area (Å²) in [5.41, 5.74) is 2.07. The summed E-state index contributed by atoms with van der Waals surface area (Å²) < 4.78 is 25.3. The van der Waals surface area contributed by atoms with Crippen molar-refractivity contribution in [1.29, 1.82) is 0 Å². The molecule has 0 fully saturated rings. The molecule has 186 valence electrons. The number of ether oxygens (including phenoxy) is 3. The van der Waals surface area contributed by atoms with Crippen LogP contribution in [0.25, 0.3) is 11.0 Å². The second-order valence-electron chi connectivity index (χ2n) is 8.99. The van der Waals surface area contributed by atoms with Crippen LogP contribution in [0.4, 0.5) is 0 Å². The molecule has 1 atom stereocenters. The fourth-order valence-electron chi connectivity index (χ4n) is 3.18. The molecule has 2 aromatic carbocycles. The van der Waals surface area contributed by atoms with Gasteiger partial charge in [0.2, 0.25) is 5.88 Å². The Morgan fingerprint density at radius 1 is 1.00 bits per heavy atom. The van der Waals surface area contributed by atoms with Gasteiger partial charge in [0.1, 0.15) is 33.7 Å². The second-order valence-corrected chi connectivity index (χ2v) is 9.52. The molecule has 2 heterocycles. The number of fused-ring (bicyclic) bond motifs is 1. The predicted molar refractivity (Wildman–Crippen MR) is 135 cm³/mol. The third-order valence-corrected chi connectivity index (χ3v) is 5.44. The predicted octanol–water partition coefficient (Wildman–Crippen LogP) is 4.92. The Morgan fingerprint density at radius 2 is 1.72 bits per heavy atom. The maximum atomic E-state index is 12.9. The minimum Gasteiger partial charge on any atom is -0.479 e. The van der Waals surface area contributed by atoms with E-state index in [9.17, 15) is 9.59 Å². The van der Waals surface area contributed by atoms with Crippen LogP contribution in [0.1, 0.15) is 43.6 Å². The molecule has 4 rings (SSSR count). The monoisotopic (exact) mass is 506 g/mol. The average molecular weight is 507 g/mol. The first-order valence-corrected chi connectivity index (χ1v) is 12.0. The van der Waals surface area contributed by atoms with Crippen LogP contribution in [0.3, 0.4) is 0 Å². The van der Waals surface area contributed by atoms with Crippen molar-refractivity contribution in [2.75, 3.05) is 0 Å². The molecular formula is C26H26N4O5S. The number of amides is 1. The molecule has 0 spiro atoms. The molecule has 1 unspecified atom stereocenters. The summed E-state index contributed by atoms with van der Waals surface area (Å²) in [6.45, 7) is 7.34. The smallest absolute Gasteiger partial charge is 0.347 e. The van der Waals surface area contributed by atoms with E-state index >= 15 is 0 Å². The van der Waals surface area contributed by atoms with E-state index in [2.05, 4.69) is 19.0 Å². The minimum atomic E-state index is -0.744. The molecule has 0 saturated heterocycles. The topological polar surface area (TPSA) is 113 Å². The highest BCUT2D eigenvalue weighted by molar-refractivity contribution is 7.00. The van der Waals surface area contributed by atoms with Crippen molar-refractivity contribution in [1.82, 2.24) is 19.0 Å². The zero-order valence-corrected chi connectivity index (χ0v) is 21.2. The van der Waals surface area contributed by atoms with Crippen LogP contribution in [-0.2, 0) is 16.1 Å². The van der Waals surface area contributed by atoms with E-state index in [1.165, 1.54) is 0 Å². The molecule has 0 aliphatic rings. The fourth-order valence-corrected chi connectivity index (χ4v) is 3.70. The lowest BCUT2D eigenvalue weighted by Gasteiger charge is -2.22. The average Bonchev–Trinajstić information content (AvgIpc) is 3.30. The van der Waals surface area contributed by atoms with E-state index in [0.717, 1.165) is 22.8 Å². The van der Waals surface area contributed by atoms with Gasteiger partial charge in [-0.25, -0.2) is 9.78 Å². The molecule has 0 aliphatic carbocycles. The van der Waals surface area contributed by atoms with Crippen LogP contribution in [-0.4, -0.2) is 37.3 Å². The molecule has 2 aromatic heterocycles. The molecule has 0 bridgehead atoms. The fraction of sp³-hybridized carbons (Fsp3) is 0.269. The highest BCUT2D eigenvalue weighted by atomic mass is 32.1. The molecule has 36 heavy (non-hydrogen) atoms. The van der Waals surface area contributed by atoms with E-state index in [-0.39, 0.29) is 18.3 Å². The maximum absolute atomic E-state index is 12.9. The SMILES string of the molecule is CC(Oc1ccc(CNC(=O)c2cccnc2Oc2ccc3nsnc3c2)cc1)C(=O)OC(C)(C)C. The Labute approximate surface area is 212 Å². The second kappa shape index (κ2) is 10.7. The molecule has 4 aromatic rings. The third kappa shape index (κ3) is 6.54. The van der Waals surface area contributed by atoms with Crippen molar-refractivity contribution >= 4 is 34.6 Å². The first-order valence-electron chi connectivity index (χ1n) is 11.3. The Hall–Kier alpha value is -4.05. The van der Waals surface area contributed by atoms with Gasteiger partial charge in [-0.05, 0) is 69.7 Å². The minimum absolute atomic E-state index is 0.192. The van der Waals surface area contributed by atoms with E-state index in [0.29, 0.717) is 22.6 Å². The largest absolute Gasteiger partial charge is 0.479 e. The van der Waals surface area contributed by atoms with Gasteiger partial charge in [-0.3, -0.25) is 4.79 Å². The highest BCUT2D eigenvalue weighted by Crippen LogP contribution is 2.26. The lowest BCUT2D eigenvalue weighted by atomic mass is 10.2. The zero-order chi connectivity index (χ0) is 25.7. The summed E-state index contributed by atoms with van der Waals surface area (Å²) in [5, 5.41) is 2.88. The quantitative estimate of drug-likeness (QED) is 0.335. The standard InChI is InChI=1S/C26H26N4O5S/c1-16(25(32)35-26(2,3)4)33-18-9-7-17(8-10-18)15-28-23(31)20-6-5-13-27-24(20)34-19-11-12-21-22(14-19)30-36-29-21/h5-14,16H,15H2,1-4H3,(H,28,31). The Morgan fingerprint density at radius 3 is 2.47 bits per heavy atom. The summed E-state index contributed by atoms with van der Waals surface area (Å²) in [5.74, 6) is 0.472. The molecule has 9 nitrogen and oxygen atoms in total. The zero-order valence-electron chi connectivity index (χ0n) is 20.3. The number of hydrogen-bond acceptors (Lipinski definition) is 9. The normalized spacial score (nSPS) is 12.1. The van der Waals surface area contributed by atoms with Crippen LogP contribution in [0, 0.1) is 0 Å². The van der Waals surface area contributed by atoms with Crippen molar-refractivity contribution in [3.63, 3.8) is 0 Å². The lowest BCUT2D eigenvalue weighted by Crippen LogP contribution is -2.33. The van der Waals surface area contributed by atoms with Crippen molar-refractivity contribution in [3.05, 3.63) is 71.9 Å². The molecule has 0 aliphatic heterocycles. The van der Waals surface area contributed by atoms with Gasteiger partial charge in [0.15, 0.2) is 6.10 Å². The molecule has 0 radical (unpaired) electrons. The lowest BCUT2D eigenvalue weighted by molar-refractivity contribution is -0.162. The van der Waals surface area contributed by atoms with Crippen LogP contribution in [0.5, 0.6) is 17.4 Å². The van der Waals surface area contributed by atoms with Gasteiger partial charge in [-0.15, -0.1) is 0 Å². The number of carbonyl (C=O) groups excluding carboxylic acids is 2. The number of pyridine rings is 1. The van der Waals surface area contributed by atoms with Crippen molar-refractivity contribution < 1.29 is 23.8 Å². The Balaban J connectivity index is 1.35. The van der Waals surface area contributed by atoms with Gasteiger partial charge in [-0.2, -0.15) is 8.75 Å².